The largest absolute Gasteiger partial charge is 0.394 e. The van der Waals surface area contributed by atoms with Crippen molar-refractivity contribution < 1.29 is 9.90 Å². The number of thiophene rings is 1. The molecule has 0 bridgehead atoms. The molecule has 126 valence electrons. The van der Waals surface area contributed by atoms with E-state index in [1.807, 2.05) is 27.7 Å². The van der Waals surface area contributed by atoms with Crippen molar-refractivity contribution in [3.05, 3.63) is 27.1 Å². The predicted molar refractivity (Wildman–Crippen MR) is 91.8 cm³/mol. The number of aliphatic hydroxyl groups is 1. The Balaban J connectivity index is 2.22. The lowest BCUT2D eigenvalue weighted by atomic mass is 10.00. The third kappa shape index (κ3) is 3.61. The summed E-state index contributed by atoms with van der Waals surface area (Å²) in [5.41, 5.74) is 0.723. The summed E-state index contributed by atoms with van der Waals surface area (Å²) in [5.74, 6) is -0.125. The SMILES string of the molecule is CC[C@H](C)[C@@H](CO)NC(=O)Cn1cnc2sc(C)c(C)c2c1=O. The lowest BCUT2D eigenvalue weighted by molar-refractivity contribution is -0.123. The van der Waals surface area contributed by atoms with Crippen LogP contribution >= 0.6 is 11.3 Å². The van der Waals surface area contributed by atoms with Gasteiger partial charge in [-0.1, -0.05) is 20.3 Å². The first kappa shape index (κ1) is 17.6. The molecule has 6 nitrogen and oxygen atoms in total. The average molecular weight is 337 g/mol. The van der Waals surface area contributed by atoms with Gasteiger partial charge in [0.2, 0.25) is 5.91 Å². The molecule has 0 radical (unpaired) electrons. The summed E-state index contributed by atoms with van der Waals surface area (Å²) in [6.45, 7) is 7.61. The molecule has 0 spiro atoms. The van der Waals surface area contributed by atoms with E-state index >= 15 is 0 Å². The smallest absolute Gasteiger partial charge is 0.262 e. The number of amides is 1. The number of carbonyl (C=O) groups is 1. The second-order valence-corrected chi connectivity index (χ2v) is 7.09. The van der Waals surface area contributed by atoms with Gasteiger partial charge in [-0.05, 0) is 25.3 Å². The Morgan fingerprint density at radius 2 is 2.17 bits per heavy atom. The maximum absolute atomic E-state index is 12.5. The molecule has 2 aromatic rings. The topological polar surface area (TPSA) is 84.2 Å². The molecule has 2 N–H and O–H groups in total. The molecule has 2 atom stereocenters. The fourth-order valence-electron chi connectivity index (χ4n) is 2.44. The van der Waals surface area contributed by atoms with Crippen molar-refractivity contribution in [2.24, 2.45) is 5.92 Å². The van der Waals surface area contributed by atoms with Gasteiger partial charge in [-0.15, -0.1) is 11.3 Å². The maximum atomic E-state index is 12.5. The molecule has 0 saturated heterocycles. The van der Waals surface area contributed by atoms with Crippen LogP contribution in [0.15, 0.2) is 11.1 Å². The van der Waals surface area contributed by atoms with Crippen LogP contribution in [-0.4, -0.2) is 33.2 Å². The van der Waals surface area contributed by atoms with E-state index in [0.717, 1.165) is 16.9 Å². The van der Waals surface area contributed by atoms with E-state index in [9.17, 15) is 14.7 Å². The first-order valence-electron chi connectivity index (χ1n) is 7.74. The second-order valence-electron chi connectivity index (χ2n) is 5.88. The Morgan fingerprint density at radius 1 is 1.48 bits per heavy atom. The fourth-order valence-corrected chi connectivity index (χ4v) is 3.43. The van der Waals surface area contributed by atoms with Crippen LogP contribution in [0.25, 0.3) is 10.2 Å². The normalized spacial score (nSPS) is 14.0. The number of aryl methyl sites for hydroxylation is 2. The maximum Gasteiger partial charge on any atom is 0.262 e. The number of fused-ring (bicyclic) bond motifs is 1. The first-order chi connectivity index (χ1) is 10.9. The van der Waals surface area contributed by atoms with Crippen LogP contribution in [0.4, 0.5) is 0 Å². The molecule has 0 aliphatic carbocycles. The number of aliphatic hydroxyl groups excluding tert-OH is 1. The van der Waals surface area contributed by atoms with Gasteiger partial charge >= 0.3 is 0 Å². The molecule has 0 unspecified atom stereocenters. The van der Waals surface area contributed by atoms with Crippen LogP contribution < -0.4 is 10.9 Å². The Labute approximate surface area is 139 Å². The number of rotatable bonds is 6. The highest BCUT2D eigenvalue weighted by Gasteiger charge is 2.18. The zero-order valence-corrected chi connectivity index (χ0v) is 14.7. The second kappa shape index (κ2) is 7.23. The molecule has 1 amide bonds. The zero-order valence-electron chi connectivity index (χ0n) is 13.9. The summed E-state index contributed by atoms with van der Waals surface area (Å²) in [4.78, 5) is 30.8. The van der Waals surface area contributed by atoms with Gasteiger partial charge in [0, 0.05) is 4.88 Å². The van der Waals surface area contributed by atoms with E-state index in [-0.39, 0.29) is 36.6 Å². The molecule has 0 aromatic carbocycles. The van der Waals surface area contributed by atoms with Gasteiger partial charge < -0.3 is 10.4 Å². The van der Waals surface area contributed by atoms with E-state index < -0.39 is 0 Å². The monoisotopic (exact) mass is 337 g/mol. The van der Waals surface area contributed by atoms with Crippen molar-refractivity contribution in [1.82, 2.24) is 14.9 Å². The van der Waals surface area contributed by atoms with Crippen LogP contribution in [0.2, 0.25) is 0 Å². The van der Waals surface area contributed by atoms with Gasteiger partial charge in [0.15, 0.2) is 0 Å². The van der Waals surface area contributed by atoms with Crippen LogP contribution in [0.1, 0.15) is 30.7 Å². The van der Waals surface area contributed by atoms with Gasteiger partial charge in [-0.25, -0.2) is 4.98 Å². The number of hydrogen-bond donors (Lipinski definition) is 2. The standard InChI is InChI=1S/C16H23N3O3S/c1-5-9(2)12(7-20)18-13(21)6-19-8-17-15-14(16(19)22)10(3)11(4)23-15/h8-9,12,20H,5-7H2,1-4H3,(H,18,21)/t9-,12+/m0/s1. The van der Waals surface area contributed by atoms with Crippen LogP contribution in [0.3, 0.4) is 0 Å². The highest BCUT2D eigenvalue weighted by atomic mass is 32.1. The minimum Gasteiger partial charge on any atom is -0.394 e. The summed E-state index contributed by atoms with van der Waals surface area (Å²) in [7, 11) is 0. The molecule has 0 aliphatic heterocycles. The summed E-state index contributed by atoms with van der Waals surface area (Å²) in [6.07, 6.45) is 2.27. The van der Waals surface area contributed by atoms with E-state index in [4.69, 9.17) is 0 Å². The van der Waals surface area contributed by atoms with Crippen LogP contribution in [0, 0.1) is 19.8 Å². The molecule has 7 heteroatoms. The van der Waals surface area contributed by atoms with Crippen LogP contribution in [0.5, 0.6) is 0 Å². The third-order valence-electron chi connectivity index (χ3n) is 4.34. The van der Waals surface area contributed by atoms with E-state index in [2.05, 4.69) is 10.3 Å². The van der Waals surface area contributed by atoms with Crippen molar-refractivity contribution >= 4 is 27.5 Å². The molecule has 2 heterocycles. The summed E-state index contributed by atoms with van der Waals surface area (Å²) in [5, 5.41) is 12.8. The quantitative estimate of drug-likeness (QED) is 0.838. The van der Waals surface area contributed by atoms with Gasteiger partial charge in [0.05, 0.1) is 24.4 Å². The zero-order chi connectivity index (χ0) is 17.1. The summed E-state index contributed by atoms with van der Waals surface area (Å²) in [6, 6.07) is -0.301. The van der Waals surface area contributed by atoms with E-state index in [1.165, 1.54) is 22.2 Å². The summed E-state index contributed by atoms with van der Waals surface area (Å²) >= 11 is 1.48. The Kier molecular flexibility index (Phi) is 5.54. The number of hydrogen-bond acceptors (Lipinski definition) is 5. The number of nitrogens with zero attached hydrogens (tertiary/aromatic N) is 2. The minimum absolute atomic E-state index is 0.0942. The van der Waals surface area contributed by atoms with E-state index in [1.54, 1.807) is 0 Å². The molecular weight excluding hydrogens is 314 g/mol. The first-order valence-corrected chi connectivity index (χ1v) is 8.56. The molecular formula is C16H23N3O3S. The molecule has 2 rings (SSSR count). The highest BCUT2D eigenvalue weighted by molar-refractivity contribution is 7.18. The number of carbonyl (C=O) groups excluding carboxylic acids is 1. The summed E-state index contributed by atoms with van der Waals surface area (Å²) < 4.78 is 1.32. The van der Waals surface area contributed by atoms with Crippen molar-refractivity contribution in [3.63, 3.8) is 0 Å². The lowest BCUT2D eigenvalue weighted by Crippen LogP contribution is -2.44. The van der Waals surface area contributed by atoms with Crippen molar-refractivity contribution in [2.75, 3.05) is 6.61 Å². The van der Waals surface area contributed by atoms with Gasteiger partial charge in [0.1, 0.15) is 11.4 Å². The Hall–Kier alpha value is -1.73. The van der Waals surface area contributed by atoms with Gasteiger partial charge in [-0.3, -0.25) is 14.2 Å². The van der Waals surface area contributed by atoms with Gasteiger partial charge in [0.25, 0.3) is 5.56 Å². The van der Waals surface area contributed by atoms with Crippen LogP contribution in [-0.2, 0) is 11.3 Å². The lowest BCUT2D eigenvalue weighted by Gasteiger charge is -2.22. The molecule has 2 aromatic heterocycles. The average Bonchev–Trinajstić information content (AvgIpc) is 2.82. The molecule has 0 saturated carbocycles. The van der Waals surface area contributed by atoms with Crippen molar-refractivity contribution in [2.45, 2.75) is 46.7 Å². The Bertz CT molecular complexity index is 766. The third-order valence-corrected chi connectivity index (χ3v) is 5.46. The van der Waals surface area contributed by atoms with Gasteiger partial charge in [-0.2, -0.15) is 0 Å². The molecule has 0 aliphatic rings. The highest BCUT2D eigenvalue weighted by Crippen LogP contribution is 2.25. The van der Waals surface area contributed by atoms with E-state index in [0.29, 0.717) is 10.2 Å². The number of aromatic nitrogens is 2. The predicted octanol–water partition coefficient (Wildman–Crippen LogP) is 1.60. The van der Waals surface area contributed by atoms with Crippen molar-refractivity contribution in [1.29, 1.82) is 0 Å². The Morgan fingerprint density at radius 3 is 2.78 bits per heavy atom. The number of nitrogens with one attached hydrogen (secondary N) is 1. The molecule has 23 heavy (non-hydrogen) atoms. The fraction of sp³-hybridized carbons (Fsp3) is 0.562. The minimum atomic E-state index is -0.301. The molecule has 0 fully saturated rings. The van der Waals surface area contributed by atoms with Crippen molar-refractivity contribution in [3.8, 4) is 0 Å².